The van der Waals surface area contributed by atoms with E-state index >= 15 is 0 Å². The largest absolute Gasteiger partial charge is 0.457 e. The number of hydrogen-bond acceptors (Lipinski definition) is 4. The fraction of sp³-hybridized carbons (Fsp3) is 0.303. The van der Waals surface area contributed by atoms with Crippen molar-refractivity contribution in [2.24, 2.45) is 0 Å². The van der Waals surface area contributed by atoms with Crippen molar-refractivity contribution in [2.75, 3.05) is 16.5 Å². The van der Waals surface area contributed by atoms with Gasteiger partial charge < -0.3 is 14.5 Å². The molecule has 11 rings (SSSR count). The van der Waals surface area contributed by atoms with E-state index in [2.05, 4.69) is 313 Å². The lowest BCUT2D eigenvalue weighted by Crippen LogP contribution is -2.27. The van der Waals surface area contributed by atoms with Crippen LogP contribution < -0.4 is 14.5 Å². The number of aromatic nitrogens is 2. The summed E-state index contributed by atoms with van der Waals surface area (Å²) in [5.74, 6) is 2.44. The molecule has 0 bridgehead atoms. The van der Waals surface area contributed by atoms with Crippen molar-refractivity contribution >= 4 is 44.6 Å². The number of benzene rings is 8. The minimum absolute atomic E-state index is 0.0530. The third-order valence-corrected chi connectivity index (χ3v) is 17.2. The van der Waals surface area contributed by atoms with Crippen molar-refractivity contribution < 1.29 is 4.74 Å². The Balaban J connectivity index is 1.08. The topological polar surface area (TPSA) is 33.5 Å². The van der Waals surface area contributed by atoms with Gasteiger partial charge in [0.25, 0.3) is 0 Å². The lowest BCUT2D eigenvalue weighted by Gasteiger charge is -2.34. The molecule has 10 aromatic rings. The molecule has 412 valence electrons. The minimum Gasteiger partial charge on any atom is -0.457 e. The molecule has 0 N–H and O–H groups in total. The van der Waals surface area contributed by atoms with E-state index in [1.807, 2.05) is 6.20 Å². The molecule has 0 amide bonds. The highest BCUT2D eigenvalue weighted by Crippen LogP contribution is 2.52. The molecule has 0 atom stereocenters. The molecule has 0 saturated heterocycles. The van der Waals surface area contributed by atoms with E-state index in [9.17, 15) is 0 Å². The Bertz CT molecular complexity index is 3900. The van der Waals surface area contributed by atoms with Crippen LogP contribution in [0.2, 0.25) is 0 Å². The van der Waals surface area contributed by atoms with Gasteiger partial charge in [-0.1, -0.05) is 214 Å². The summed E-state index contributed by atoms with van der Waals surface area (Å²) in [4.78, 5) is 10.2. The van der Waals surface area contributed by atoms with E-state index in [1.54, 1.807) is 0 Å². The van der Waals surface area contributed by atoms with Gasteiger partial charge in [-0.3, -0.25) is 4.57 Å². The van der Waals surface area contributed by atoms with Gasteiger partial charge in [-0.05, 0) is 150 Å². The zero-order valence-electron chi connectivity index (χ0n) is 50.9. The van der Waals surface area contributed by atoms with Crippen LogP contribution in [0.15, 0.2) is 194 Å². The van der Waals surface area contributed by atoms with Crippen molar-refractivity contribution in [3.05, 3.63) is 239 Å². The molecule has 2 aromatic heterocycles. The van der Waals surface area contributed by atoms with E-state index in [4.69, 9.17) is 9.72 Å². The molecule has 0 radical (unpaired) electrons. The van der Waals surface area contributed by atoms with Gasteiger partial charge in [-0.2, -0.15) is 0 Å². The normalized spacial score (nSPS) is 13.6. The van der Waals surface area contributed by atoms with Gasteiger partial charge in [0.1, 0.15) is 24.0 Å². The van der Waals surface area contributed by atoms with Crippen LogP contribution in [0.3, 0.4) is 0 Å². The van der Waals surface area contributed by atoms with E-state index in [1.165, 1.54) is 78.1 Å². The van der Waals surface area contributed by atoms with Crippen LogP contribution in [0, 0.1) is 0 Å². The third kappa shape index (κ3) is 10.5. The molecule has 5 nitrogen and oxygen atoms in total. The summed E-state index contributed by atoms with van der Waals surface area (Å²) in [6.45, 7) is 37.9. The minimum atomic E-state index is -0.281. The van der Waals surface area contributed by atoms with Crippen LogP contribution >= 0.6 is 0 Å². The highest BCUT2D eigenvalue weighted by Gasteiger charge is 2.37. The Hall–Kier alpha value is -7.89. The first-order chi connectivity index (χ1) is 38.2. The number of nitrogens with zero attached hydrogens (tertiary/aromatic N) is 4. The van der Waals surface area contributed by atoms with Crippen LogP contribution in [0.1, 0.15) is 155 Å². The Kier molecular flexibility index (Phi) is 13.6. The van der Waals surface area contributed by atoms with Gasteiger partial charge in [-0.25, -0.2) is 4.98 Å². The van der Waals surface area contributed by atoms with Crippen LogP contribution in [0.4, 0.5) is 22.7 Å². The summed E-state index contributed by atoms with van der Waals surface area (Å²) in [6, 6.07) is 69.7. The van der Waals surface area contributed by atoms with Gasteiger partial charge in [-0.15, -0.1) is 0 Å². The second-order valence-corrected chi connectivity index (χ2v) is 28.0. The van der Waals surface area contributed by atoms with Gasteiger partial charge in [0.15, 0.2) is 0 Å². The lowest BCUT2D eigenvalue weighted by molar-refractivity contribution is 0.479. The summed E-state index contributed by atoms with van der Waals surface area (Å²) in [7, 11) is 0. The van der Waals surface area contributed by atoms with Crippen molar-refractivity contribution in [3.63, 3.8) is 0 Å². The van der Waals surface area contributed by atoms with Crippen LogP contribution in [-0.4, -0.2) is 16.2 Å². The standard InChI is InChI=1S/C76H82N4O/c1-71(2,3)54-36-37-77-70(44-54)80-66-35-32-51(50-26-20-17-21-27-50)38-63(66)62-34-33-60(46-67(62)80)81-61-43-55(72(4,5)6)40-59(45-61)79-49-78(68-47-64(73(7,8)9)65(48-69(68)79)74(10,11)12)58-41-56(75(13,14)52-28-22-18-23-29-52)39-57(42-58)76(15,16)53-30-24-19-25-31-53/h17-48H,49H2,1-16H3. The fourth-order valence-corrected chi connectivity index (χ4v) is 12.0. The first-order valence-electron chi connectivity index (χ1n) is 29.1. The molecule has 0 unspecified atom stereocenters. The number of rotatable bonds is 10. The van der Waals surface area contributed by atoms with E-state index in [0.717, 1.165) is 39.4 Å². The van der Waals surface area contributed by atoms with Crippen LogP contribution in [-0.2, 0) is 32.5 Å². The van der Waals surface area contributed by atoms with Crippen molar-refractivity contribution in [3.8, 4) is 28.4 Å². The van der Waals surface area contributed by atoms with Crippen LogP contribution in [0.5, 0.6) is 11.5 Å². The Morgan fingerprint density at radius 2 is 0.877 bits per heavy atom. The average Bonchev–Trinajstić information content (AvgIpc) is 4.20. The Morgan fingerprint density at radius 3 is 1.41 bits per heavy atom. The molecule has 0 aliphatic carbocycles. The lowest BCUT2D eigenvalue weighted by atomic mass is 9.73. The maximum Gasteiger partial charge on any atom is 0.137 e. The summed E-state index contributed by atoms with van der Waals surface area (Å²) in [5, 5.41) is 2.32. The van der Waals surface area contributed by atoms with Crippen LogP contribution in [0.25, 0.3) is 38.8 Å². The van der Waals surface area contributed by atoms with Gasteiger partial charge in [0, 0.05) is 51.3 Å². The second kappa shape index (κ2) is 20.0. The predicted octanol–water partition coefficient (Wildman–Crippen LogP) is 20.7. The maximum atomic E-state index is 7.24. The summed E-state index contributed by atoms with van der Waals surface area (Å²) >= 11 is 0. The molecule has 8 aromatic carbocycles. The Labute approximate surface area is 483 Å². The summed E-state index contributed by atoms with van der Waals surface area (Å²) < 4.78 is 9.55. The number of pyridine rings is 1. The first kappa shape index (κ1) is 55.0. The number of hydrogen-bond donors (Lipinski definition) is 0. The second-order valence-electron chi connectivity index (χ2n) is 28.0. The molecule has 1 aliphatic rings. The molecule has 5 heteroatoms. The quantitative estimate of drug-likeness (QED) is 0.137. The monoisotopic (exact) mass is 1070 g/mol. The summed E-state index contributed by atoms with van der Waals surface area (Å²) in [5.41, 5.74) is 18.4. The fourth-order valence-electron chi connectivity index (χ4n) is 12.0. The van der Waals surface area contributed by atoms with Gasteiger partial charge in [0.05, 0.1) is 22.4 Å². The van der Waals surface area contributed by atoms with Crippen molar-refractivity contribution in [1.29, 1.82) is 0 Å². The summed E-state index contributed by atoms with van der Waals surface area (Å²) in [6.07, 6.45) is 1.95. The molecular formula is C76H82N4O. The number of fused-ring (bicyclic) bond motifs is 4. The van der Waals surface area contributed by atoms with E-state index in [-0.39, 0.29) is 32.5 Å². The van der Waals surface area contributed by atoms with E-state index < -0.39 is 0 Å². The SMILES string of the molecule is CC(C)(C)c1cc(Oc2ccc3c4cc(-c5ccccc5)ccc4n(-c4cc(C(C)(C)C)ccn4)c3c2)cc(N2CN(c3cc(C(C)(C)c4ccccc4)cc(C(C)(C)c4ccccc4)c3)c3cc(C(C)(C)C)c(C(C)(C)C)cc32)c1. The molecular weight excluding hydrogens is 985 g/mol. The molecule has 81 heavy (non-hydrogen) atoms. The molecule has 0 fully saturated rings. The third-order valence-electron chi connectivity index (χ3n) is 17.2. The first-order valence-corrected chi connectivity index (χ1v) is 29.1. The molecule has 0 saturated carbocycles. The highest BCUT2D eigenvalue weighted by molar-refractivity contribution is 6.10. The predicted molar refractivity (Wildman–Crippen MR) is 344 cm³/mol. The smallest absolute Gasteiger partial charge is 0.137 e. The Morgan fingerprint density at radius 1 is 0.358 bits per heavy atom. The van der Waals surface area contributed by atoms with Crippen molar-refractivity contribution in [1.82, 2.24) is 9.55 Å². The molecule has 3 heterocycles. The number of anilines is 4. The molecule has 0 spiro atoms. The zero-order chi connectivity index (χ0) is 57.6. The maximum absolute atomic E-state index is 7.24. The van der Waals surface area contributed by atoms with Gasteiger partial charge in [0.2, 0.25) is 0 Å². The van der Waals surface area contributed by atoms with E-state index in [0.29, 0.717) is 6.67 Å². The molecule has 1 aliphatic heterocycles. The van der Waals surface area contributed by atoms with Crippen molar-refractivity contribution in [2.45, 2.75) is 143 Å². The highest BCUT2D eigenvalue weighted by atomic mass is 16.5. The van der Waals surface area contributed by atoms with Gasteiger partial charge >= 0.3 is 0 Å². The average molecular weight is 1070 g/mol. The zero-order valence-corrected chi connectivity index (χ0v) is 50.9. The number of ether oxygens (including phenoxy) is 1.